The van der Waals surface area contributed by atoms with Crippen LogP contribution in [0.3, 0.4) is 0 Å². The van der Waals surface area contributed by atoms with Crippen LogP contribution in [0.25, 0.3) is 0 Å². The van der Waals surface area contributed by atoms with Crippen molar-refractivity contribution in [3.8, 4) is 5.75 Å². The van der Waals surface area contributed by atoms with Crippen LogP contribution in [-0.2, 0) is 27.4 Å². The maximum atomic E-state index is 14.4. The molecule has 0 aliphatic carbocycles. The number of hydrogen-bond donors (Lipinski definition) is 0. The minimum absolute atomic E-state index is 0.0479. The number of hydrogen-bond acceptors (Lipinski definition) is 5. The number of carbonyl (C=O) groups is 2. The van der Waals surface area contributed by atoms with Crippen LogP contribution in [0.15, 0.2) is 72.8 Å². The molecule has 3 aliphatic rings. The summed E-state index contributed by atoms with van der Waals surface area (Å²) in [4.78, 5) is 32.5. The van der Waals surface area contributed by atoms with E-state index in [2.05, 4.69) is 36.1 Å². The number of benzene rings is 3. The van der Waals surface area contributed by atoms with Crippen LogP contribution in [0.1, 0.15) is 42.9 Å². The van der Waals surface area contributed by atoms with Gasteiger partial charge in [0.2, 0.25) is 10.8 Å². The Hall–Kier alpha value is -3.29. The second-order valence-electron chi connectivity index (χ2n) is 10.2. The molecule has 38 heavy (non-hydrogen) atoms. The lowest BCUT2D eigenvalue weighted by Gasteiger charge is -2.35. The minimum atomic E-state index is -1.09. The fourth-order valence-corrected chi connectivity index (χ4v) is 7.16. The van der Waals surface area contributed by atoms with Gasteiger partial charge in [0.05, 0.1) is 24.7 Å². The molecule has 2 amide bonds. The maximum absolute atomic E-state index is 14.4. The van der Waals surface area contributed by atoms with Gasteiger partial charge in [0.15, 0.2) is 0 Å². The Bertz CT molecular complexity index is 1340. The molecule has 0 unspecified atom stereocenters. The van der Waals surface area contributed by atoms with E-state index in [1.807, 2.05) is 53.4 Å². The number of ether oxygens (including phenoxy) is 1. The Morgan fingerprint density at radius 2 is 1.68 bits per heavy atom. The predicted octanol–water partition coefficient (Wildman–Crippen LogP) is 5.55. The van der Waals surface area contributed by atoms with Gasteiger partial charge in [-0.05, 0) is 54.3 Å². The molecule has 196 valence electrons. The van der Waals surface area contributed by atoms with Crippen molar-refractivity contribution in [3.05, 3.63) is 89.5 Å². The smallest absolute Gasteiger partial charge is 0.269 e. The highest BCUT2D eigenvalue weighted by atomic mass is 32.2. The topological polar surface area (TPSA) is 53.1 Å². The number of thioether (sulfide) groups is 1. The van der Waals surface area contributed by atoms with E-state index in [4.69, 9.17) is 4.74 Å². The summed E-state index contributed by atoms with van der Waals surface area (Å²) in [5, 5.41) is 0. The van der Waals surface area contributed by atoms with Crippen molar-refractivity contribution in [1.29, 1.82) is 0 Å². The van der Waals surface area contributed by atoms with Crippen LogP contribution >= 0.6 is 11.8 Å². The zero-order valence-electron chi connectivity index (χ0n) is 21.8. The standard InChI is InChI=1S/C31H33N3O3S/c1-2-3-8-19-37-26-15-13-25(14-16-26)34-29(35)21-38-31(34)27-11-6-7-12-28(27)33(30(31)36)22-32-18-17-23-9-4-5-10-24(23)20-32/h4-7,9-16H,2-3,8,17-22H2,1H3/t31-/m0/s1. The molecule has 0 N–H and O–H groups in total. The van der Waals surface area contributed by atoms with Crippen LogP contribution in [-0.4, -0.2) is 42.3 Å². The number of anilines is 2. The quantitative estimate of drug-likeness (QED) is 0.360. The average Bonchev–Trinajstić information content (AvgIpc) is 3.42. The van der Waals surface area contributed by atoms with E-state index in [-0.39, 0.29) is 17.6 Å². The van der Waals surface area contributed by atoms with Crippen molar-refractivity contribution in [1.82, 2.24) is 4.90 Å². The Balaban J connectivity index is 1.28. The van der Waals surface area contributed by atoms with Gasteiger partial charge >= 0.3 is 0 Å². The SMILES string of the molecule is CCCCCOc1ccc(N2C(=O)CS[C@@]23C(=O)N(CN2CCc4ccccc4C2)c2ccccc23)cc1. The molecule has 3 aromatic rings. The van der Waals surface area contributed by atoms with Crippen LogP contribution in [0, 0.1) is 0 Å². The number of amides is 2. The van der Waals surface area contributed by atoms with E-state index in [9.17, 15) is 9.59 Å². The third kappa shape index (κ3) is 4.28. The van der Waals surface area contributed by atoms with Gasteiger partial charge in [-0.2, -0.15) is 0 Å². The number of rotatable bonds is 8. The molecule has 3 aromatic carbocycles. The second kappa shape index (κ2) is 10.5. The lowest BCUT2D eigenvalue weighted by atomic mass is 10.0. The highest BCUT2D eigenvalue weighted by molar-refractivity contribution is 8.02. The molecule has 3 heterocycles. The average molecular weight is 528 g/mol. The molecule has 0 bridgehead atoms. The summed E-state index contributed by atoms with van der Waals surface area (Å²) in [6.45, 7) is 5.05. The summed E-state index contributed by atoms with van der Waals surface area (Å²) in [6.07, 6.45) is 4.28. The molecule has 6 rings (SSSR count). The van der Waals surface area contributed by atoms with Crippen molar-refractivity contribution in [2.24, 2.45) is 0 Å². The molecular weight excluding hydrogens is 494 g/mol. The minimum Gasteiger partial charge on any atom is -0.494 e. The molecule has 0 aromatic heterocycles. The van der Waals surface area contributed by atoms with Gasteiger partial charge in [0, 0.05) is 24.3 Å². The zero-order valence-corrected chi connectivity index (χ0v) is 22.6. The molecule has 1 atom stereocenters. The van der Waals surface area contributed by atoms with Crippen LogP contribution in [0.2, 0.25) is 0 Å². The molecule has 6 nitrogen and oxygen atoms in total. The Morgan fingerprint density at radius 1 is 0.921 bits per heavy atom. The number of carbonyl (C=O) groups excluding carboxylic acids is 2. The van der Waals surface area contributed by atoms with Gasteiger partial charge in [-0.25, -0.2) is 0 Å². The lowest BCUT2D eigenvalue weighted by Crippen LogP contribution is -2.52. The number of unbranched alkanes of at least 4 members (excludes halogenated alkanes) is 2. The fourth-order valence-electron chi connectivity index (χ4n) is 5.80. The first kappa shape index (κ1) is 25.0. The van der Waals surface area contributed by atoms with Gasteiger partial charge in [-0.15, -0.1) is 11.8 Å². The predicted molar refractivity (Wildman–Crippen MR) is 152 cm³/mol. The third-order valence-corrected chi connectivity index (χ3v) is 9.11. The zero-order chi connectivity index (χ0) is 26.1. The molecule has 1 spiro atoms. The Kier molecular flexibility index (Phi) is 6.89. The van der Waals surface area contributed by atoms with Crippen LogP contribution < -0.4 is 14.5 Å². The first-order valence-electron chi connectivity index (χ1n) is 13.5. The Labute approximate surface area is 228 Å². The third-order valence-electron chi connectivity index (χ3n) is 7.73. The summed E-state index contributed by atoms with van der Waals surface area (Å²) in [5.74, 6) is 0.945. The number of nitrogens with zero attached hydrogens (tertiary/aromatic N) is 3. The van der Waals surface area contributed by atoms with Crippen molar-refractivity contribution < 1.29 is 14.3 Å². The summed E-state index contributed by atoms with van der Waals surface area (Å²) >= 11 is 1.43. The van der Waals surface area contributed by atoms with Crippen LogP contribution in [0.5, 0.6) is 5.75 Å². The monoisotopic (exact) mass is 527 g/mol. The molecule has 1 fully saturated rings. The molecule has 0 saturated carbocycles. The molecular formula is C31H33N3O3S. The highest BCUT2D eigenvalue weighted by Crippen LogP contribution is 2.55. The maximum Gasteiger partial charge on any atom is 0.269 e. The summed E-state index contributed by atoms with van der Waals surface area (Å²) in [5.41, 5.74) is 5.20. The van der Waals surface area contributed by atoms with E-state index in [1.165, 1.54) is 22.9 Å². The Morgan fingerprint density at radius 3 is 2.50 bits per heavy atom. The van der Waals surface area contributed by atoms with E-state index < -0.39 is 4.87 Å². The van der Waals surface area contributed by atoms with E-state index in [0.29, 0.717) is 13.3 Å². The normalized spacial score (nSPS) is 20.8. The van der Waals surface area contributed by atoms with E-state index in [1.54, 1.807) is 4.90 Å². The molecule has 0 radical (unpaired) electrons. The van der Waals surface area contributed by atoms with Crippen molar-refractivity contribution in [3.63, 3.8) is 0 Å². The largest absolute Gasteiger partial charge is 0.494 e. The first-order chi connectivity index (χ1) is 18.6. The van der Waals surface area contributed by atoms with Gasteiger partial charge < -0.3 is 4.74 Å². The summed E-state index contributed by atoms with van der Waals surface area (Å²) < 4.78 is 5.88. The fraction of sp³-hybridized carbons (Fsp3) is 0.355. The lowest BCUT2D eigenvalue weighted by molar-refractivity contribution is -0.124. The van der Waals surface area contributed by atoms with Crippen molar-refractivity contribution in [2.45, 2.75) is 44.0 Å². The van der Waals surface area contributed by atoms with Crippen LogP contribution in [0.4, 0.5) is 11.4 Å². The number of para-hydroxylation sites is 1. The summed E-state index contributed by atoms with van der Waals surface area (Å²) in [6, 6.07) is 24.1. The first-order valence-corrected chi connectivity index (χ1v) is 14.5. The van der Waals surface area contributed by atoms with Gasteiger partial charge in [0.25, 0.3) is 5.91 Å². The molecule has 7 heteroatoms. The van der Waals surface area contributed by atoms with E-state index in [0.717, 1.165) is 61.5 Å². The van der Waals surface area contributed by atoms with Gasteiger partial charge in [-0.3, -0.25) is 24.3 Å². The van der Waals surface area contributed by atoms with Crippen molar-refractivity contribution >= 4 is 35.0 Å². The second-order valence-corrected chi connectivity index (χ2v) is 11.3. The number of fused-ring (bicyclic) bond motifs is 3. The molecule has 1 saturated heterocycles. The molecule has 3 aliphatic heterocycles. The van der Waals surface area contributed by atoms with Crippen molar-refractivity contribution in [2.75, 3.05) is 35.4 Å². The van der Waals surface area contributed by atoms with E-state index >= 15 is 0 Å². The summed E-state index contributed by atoms with van der Waals surface area (Å²) in [7, 11) is 0. The highest BCUT2D eigenvalue weighted by Gasteiger charge is 2.61. The van der Waals surface area contributed by atoms with Gasteiger partial charge in [-0.1, -0.05) is 62.2 Å². The van der Waals surface area contributed by atoms with Gasteiger partial charge in [0.1, 0.15) is 5.75 Å².